The molecule has 1 aliphatic rings. The van der Waals surface area contributed by atoms with Gasteiger partial charge in [-0.3, -0.25) is 0 Å². The normalized spacial score (nSPS) is 16.7. The molecule has 1 aromatic heterocycles. The average molecular weight is 262 g/mol. The van der Waals surface area contributed by atoms with Crippen LogP contribution >= 0.6 is 11.6 Å². The first-order valence-corrected chi connectivity index (χ1v) is 6.70. The van der Waals surface area contributed by atoms with E-state index in [1.165, 1.54) is 24.0 Å². The van der Waals surface area contributed by atoms with Crippen LogP contribution < -0.4 is 5.32 Å². The van der Waals surface area contributed by atoms with Gasteiger partial charge in [0.25, 0.3) is 0 Å². The second kappa shape index (κ2) is 5.17. The van der Waals surface area contributed by atoms with Crippen molar-refractivity contribution >= 4 is 11.6 Å². The first kappa shape index (κ1) is 11.8. The van der Waals surface area contributed by atoms with Gasteiger partial charge in [0, 0.05) is 23.2 Å². The van der Waals surface area contributed by atoms with Crippen LogP contribution in [0.25, 0.3) is 0 Å². The van der Waals surface area contributed by atoms with E-state index in [0.717, 1.165) is 17.5 Å². The van der Waals surface area contributed by atoms with Crippen molar-refractivity contribution in [3.63, 3.8) is 0 Å². The molecule has 0 bridgehead atoms. The SMILES string of the molecule is Clc1ccc(C(NCc2ccoc2)C2CC2)cc1. The minimum absolute atomic E-state index is 0.428. The van der Waals surface area contributed by atoms with Crippen molar-refractivity contribution in [1.29, 1.82) is 0 Å². The van der Waals surface area contributed by atoms with E-state index in [1.54, 1.807) is 12.5 Å². The van der Waals surface area contributed by atoms with E-state index < -0.39 is 0 Å². The minimum Gasteiger partial charge on any atom is -0.472 e. The molecule has 3 rings (SSSR count). The maximum absolute atomic E-state index is 5.94. The first-order chi connectivity index (χ1) is 8.83. The Kier molecular flexibility index (Phi) is 3.39. The molecule has 1 aromatic carbocycles. The maximum Gasteiger partial charge on any atom is 0.0947 e. The van der Waals surface area contributed by atoms with E-state index in [1.807, 2.05) is 18.2 Å². The minimum atomic E-state index is 0.428. The molecule has 1 fully saturated rings. The van der Waals surface area contributed by atoms with Gasteiger partial charge in [0.1, 0.15) is 0 Å². The van der Waals surface area contributed by atoms with Crippen LogP contribution in [-0.4, -0.2) is 0 Å². The largest absolute Gasteiger partial charge is 0.472 e. The van der Waals surface area contributed by atoms with Gasteiger partial charge in [-0.05, 0) is 42.5 Å². The highest BCUT2D eigenvalue weighted by Crippen LogP contribution is 2.41. The molecule has 0 aliphatic heterocycles. The number of benzene rings is 1. The molecule has 0 saturated heterocycles. The lowest BCUT2D eigenvalue weighted by atomic mass is 10.0. The van der Waals surface area contributed by atoms with Crippen molar-refractivity contribution in [3.8, 4) is 0 Å². The van der Waals surface area contributed by atoms with Gasteiger partial charge in [0.05, 0.1) is 12.5 Å². The molecule has 1 heterocycles. The van der Waals surface area contributed by atoms with Gasteiger partial charge in [-0.25, -0.2) is 0 Å². The summed E-state index contributed by atoms with van der Waals surface area (Å²) in [5, 5.41) is 4.41. The fourth-order valence-electron chi connectivity index (χ4n) is 2.28. The molecule has 0 radical (unpaired) electrons. The molecule has 94 valence electrons. The molecular weight excluding hydrogens is 246 g/mol. The van der Waals surface area contributed by atoms with E-state index in [-0.39, 0.29) is 0 Å². The van der Waals surface area contributed by atoms with Crippen LogP contribution in [0.2, 0.25) is 5.02 Å². The van der Waals surface area contributed by atoms with Crippen LogP contribution in [0.1, 0.15) is 30.0 Å². The van der Waals surface area contributed by atoms with E-state index in [2.05, 4.69) is 17.4 Å². The third-order valence-corrected chi connectivity index (χ3v) is 3.68. The number of rotatable bonds is 5. The van der Waals surface area contributed by atoms with E-state index >= 15 is 0 Å². The Balaban J connectivity index is 1.70. The molecule has 18 heavy (non-hydrogen) atoms. The van der Waals surface area contributed by atoms with Gasteiger partial charge in [0.2, 0.25) is 0 Å². The summed E-state index contributed by atoms with van der Waals surface area (Å²) in [6.07, 6.45) is 6.13. The third kappa shape index (κ3) is 2.77. The highest BCUT2D eigenvalue weighted by Gasteiger charge is 2.31. The molecule has 0 spiro atoms. The third-order valence-electron chi connectivity index (χ3n) is 3.43. The summed E-state index contributed by atoms with van der Waals surface area (Å²) in [7, 11) is 0. The summed E-state index contributed by atoms with van der Waals surface area (Å²) in [6, 6.07) is 10.6. The predicted octanol–water partition coefficient (Wildman–Crippen LogP) is 4.17. The standard InChI is InChI=1S/C15H16ClNO/c16-14-5-3-13(4-6-14)15(12-1-2-12)17-9-11-7-8-18-10-11/h3-8,10,12,15,17H,1-2,9H2. The lowest BCUT2D eigenvalue weighted by Crippen LogP contribution is -2.22. The van der Waals surface area contributed by atoms with Crippen LogP contribution in [0.4, 0.5) is 0 Å². The fraction of sp³-hybridized carbons (Fsp3) is 0.333. The second-order valence-electron chi connectivity index (χ2n) is 4.88. The maximum atomic E-state index is 5.94. The summed E-state index contributed by atoms with van der Waals surface area (Å²) < 4.78 is 5.09. The summed E-state index contributed by atoms with van der Waals surface area (Å²) in [4.78, 5) is 0. The van der Waals surface area contributed by atoms with Crippen molar-refractivity contribution in [3.05, 3.63) is 59.0 Å². The monoisotopic (exact) mass is 261 g/mol. The average Bonchev–Trinajstić information content (AvgIpc) is 3.08. The molecule has 1 saturated carbocycles. The molecule has 0 amide bonds. The fourth-order valence-corrected chi connectivity index (χ4v) is 2.40. The Hall–Kier alpha value is -1.25. The topological polar surface area (TPSA) is 25.2 Å². The summed E-state index contributed by atoms with van der Waals surface area (Å²) in [5.41, 5.74) is 2.51. The lowest BCUT2D eigenvalue weighted by molar-refractivity contribution is 0.477. The number of halogens is 1. The van der Waals surface area contributed by atoms with Gasteiger partial charge >= 0.3 is 0 Å². The Morgan fingerprint density at radius 2 is 2.00 bits per heavy atom. The zero-order valence-electron chi connectivity index (χ0n) is 10.1. The van der Waals surface area contributed by atoms with Crippen LogP contribution in [0, 0.1) is 5.92 Å². The van der Waals surface area contributed by atoms with Crippen molar-refractivity contribution in [2.24, 2.45) is 5.92 Å². The van der Waals surface area contributed by atoms with Gasteiger partial charge in [0.15, 0.2) is 0 Å². The number of nitrogens with one attached hydrogen (secondary N) is 1. The molecular formula is C15H16ClNO. The van der Waals surface area contributed by atoms with E-state index in [0.29, 0.717) is 6.04 Å². The van der Waals surface area contributed by atoms with Crippen molar-refractivity contribution in [2.75, 3.05) is 0 Å². The smallest absolute Gasteiger partial charge is 0.0947 e. The highest BCUT2D eigenvalue weighted by molar-refractivity contribution is 6.30. The second-order valence-corrected chi connectivity index (χ2v) is 5.32. The summed E-state index contributed by atoms with van der Waals surface area (Å²) in [5.74, 6) is 0.762. The zero-order valence-corrected chi connectivity index (χ0v) is 10.9. The highest BCUT2D eigenvalue weighted by atomic mass is 35.5. The summed E-state index contributed by atoms with van der Waals surface area (Å²) in [6.45, 7) is 0.848. The number of furan rings is 1. The Morgan fingerprint density at radius 3 is 2.61 bits per heavy atom. The molecule has 2 nitrogen and oxygen atoms in total. The quantitative estimate of drug-likeness (QED) is 0.874. The molecule has 1 unspecified atom stereocenters. The van der Waals surface area contributed by atoms with Crippen LogP contribution in [0.5, 0.6) is 0 Å². The van der Waals surface area contributed by atoms with Gasteiger partial charge in [-0.15, -0.1) is 0 Å². The lowest BCUT2D eigenvalue weighted by Gasteiger charge is -2.18. The molecule has 3 heteroatoms. The number of hydrogen-bond donors (Lipinski definition) is 1. The first-order valence-electron chi connectivity index (χ1n) is 6.33. The van der Waals surface area contributed by atoms with Crippen molar-refractivity contribution < 1.29 is 4.42 Å². The Labute approximate surface area is 112 Å². The molecule has 1 aliphatic carbocycles. The van der Waals surface area contributed by atoms with E-state index in [9.17, 15) is 0 Å². The molecule has 1 N–H and O–H groups in total. The molecule has 1 atom stereocenters. The Bertz CT molecular complexity index is 488. The van der Waals surface area contributed by atoms with Crippen LogP contribution in [0.3, 0.4) is 0 Å². The predicted molar refractivity (Wildman–Crippen MR) is 72.5 cm³/mol. The van der Waals surface area contributed by atoms with Crippen molar-refractivity contribution in [1.82, 2.24) is 5.32 Å². The zero-order chi connectivity index (χ0) is 12.4. The van der Waals surface area contributed by atoms with Crippen LogP contribution in [0.15, 0.2) is 47.3 Å². The van der Waals surface area contributed by atoms with Gasteiger partial charge in [-0.2, -0.15) is 0 Å². The van der Waals surface area contributed by atoms with Crippen LogP contribution in [-0.2, 0) is 6.54 Å². The van der Waals surface area contributed by atoms with Crippen molar-refractivity contribution in [2.45, 2.75) is 25.4 Å². The number of hydrogen-bond acceptors (Lipinski definition) is 2. The summed E-state index contributed by atoms with van der Waals surface area (Å²) >= 11 is 5.94. The molecule has 2 aromatic rings. The Morgan fingerprint density at radius 1 is 1.22 bits per heavy atom. The van der Waals surface area contributed by atoms with E-state index in [4.69, 9.17) is 16.0 Å². The van der Waals surface area contributed by atoms with Gasteiger partial charge < -0.3 is 9.73 Å². The van der Waals surface area contributed by atoms with Gasteiger partial charge in [-0.1, -0.05) is 23.7 Å².